The highest BCUT2D eigenvalue weighted by atomic mass is 16.7. The summed E-state index contributed by atoms with van der Waals surface area (Å²) in [6.07, 6.45) is -2.66. The molecular weight excluding hydrogens is 578 g/mol. The lowest BCUT2D eigenvalue weighted by Crippen LogP contribution is -2.67. The maximum atomic E-state index is 12.8. The largest absolute Gasteiger partial charge is 0.467 e. The number of hydrogen-bond acceptors (Lipinski definition) is 15. The van der Waals surface area contributed by atoms with E-state index in [4.69, 9.17) is 41.9 Å². The number of rotatable bonds is 13. The number of carbonyl (C=O) groups is 1. The highest BCUT2D eigenvalue weighted by Crippen LogP contribution is 2.36. The van der Waals surface area contributed by atoms with E-state index >= 15 is 0 Å². The van der Waals surface area contributed by atoms with E-state index in [-0.39, 0.29) is 38.6 Å². The zero-order chi connectivity index (χ0) is 32.2. The summed E-state index contributed by atoms with van der Waals surface area (Å²) in [5.41, 5.74) is 22.8. The second kappa shape index (κ2) is 15.4. The Bertz CT molecular complexity index is 972. The van der Waals surface area contributed by atoms with E-state index < -0.39 is 72.5 Å². The lowest BCUT2D eigenvalue weighted by molar-refractivity contribution is -0.308. The minimum absolute atomic E-state index is 0.0562. The first-order chi connectivity index (χ1) is 20.8. The summed E-state index contributed by atoms with van der Waals surface area (Å²) in [5.74, 6) is -0.101. The van der Waals surface area contributed by atoms with Gasteiger partial charge in [0.2, 0.25) is 12.2 Å². The molecule has 14 N–H and O–H groups in total. The van der Waals surface area contributed by atoms with E-state index in [1.54, 1.807) is 7.05 Å². The number of carbonyl (C=O) groups excluding carboxylic acids is 1. The first-order valence-electron chi connectivity index (χ1n) is 15.5. The van der Waals surface area contributed by atoms with Crippen molar-refractivity contribution in [3.05, 3.63) is 11.8 Å². The Morgan fingerprint density at radius 3 is 2.48 bits per heavy atom. The topological polar surface area (TPSA) is 266 Å². The third kappa shape index (κ3) is 8.44. The molecule has 2 saturated carbocycles. The van der Waals surface area contributed by atoms with E-state index in [1.165, 1.54) is 6.92 Å². The Morgan fingerprint density at radius 2 is 1.82 bits per heavy atom. The van der Waals surface area contributed by atoms with Crippen LogP contribution in [0.2, 0.25) is 0 Å². The van der Waals surface area contributed by atoms with Crippen LogP contribution in [0.15, 0.2) is 11.8 Å². The summed E-state index contributed by atoms with van der Waals surface area (Å²) < 4.78 is 24.1. The van der Waals surface area contributed by atoms with Crippen LogP contribution in [-0.2, 0) is 23.7 Å². The average Bonchev–Trinajstić information content (AvgIpc) is 2.94. The fourth-order valence-corrected chi connectivity index (χ4v) is 6.62. The number of nitrogens with zero attached hydrogens (tertiary/aromatic N) is 1. The molecule has 1 unspecified atom stereocenters. The van der Waals surface area contributed by atoms with E-state index in [0.717, 1.165) is 19.4 Å². The number of amides is 1. The predicted octanol–water partition coefficient (Wildman–Crippen LogP) is -3.63. The molecule has 16 nitrogen and oxygen atoms in total. The number of ether oxygens (including phenoxy) is 4. The Kier molecular flexibility index (Phi) is 12.4. The number of nitrogens with one attached hydrogen (secondary N) is 2. The number of hydrogen-bond donors (Lipinski definition) is 10. The van der Waals surface area contributed by atoms with Crippen LogP contribution in [0.3, 0.4) is 0 Å². The van der Waals surface area contributed by atoms with E-state index in [9.17, 15) is 25.3 Å². The molecule has 2 heterocycles. The molecule has 0 radical (unpaired) electrons. The average molecular weight is 632 g/mol. The number of aliphatic hydroxyl groups is 3. The SMILES string of the molecule is CN[C@@H]1[C@@H](O)[C@@H](O[C@H]2[C@H](CC(=O)N(O)CCN)C[C@H](N)C(O[C@H]3OC(CNCC4CC(N)C4)=CC[C@H]3N)[C@@H]2O)OC[C@]1(C)O. The molecule has 2 aliphatic heterocycles. The van der Waals surface area contributed by atoms with Crippen molar-refractivity contribution in [3.8, 4) is 0 Å². The van der Waals surface area contributed by atoms with Crippen molar-refractivity contribution in [2.75, 3.05) is 39.8 Å². The van der Waals surface area contributed by atoms with Gasteiger partial charge in [-0.05, 0) is 64.1 Å². The number of hydroxylamine groups is 2. The second-order valence-corrected chi connectivity index (χ2v) is 12.9. The minimum Gasteiger partial charge on any atom is -0.467 e. The summed E-state index contributed by atoms with van der Waals surface area (Å²) in [4.78, 5) is 12.8. The van der Waals surface area contributed by atoms with Gasteiger partial charge in [-0.25, -0.2) is 5.06 Å². The molecule has 16 heteroatoms. The van der Waals surface area contributed by atoms with Crippen molar-refractivity contribution < 1.29 is 44.3 Å². The standard InChI is InChI=1S/C28H53N7O9/c1-28(39)13-41-27(22(38)25(28)33-2)43-23-15(10-20(36)35(40)6-5-29)9-19(32)24(21(23)37)44-26-18(31)4-3-17(42-26)12-34-11-14-7-16(30)8-14/h3,14-16,18-19,21-27,33-34,37-40H,4-13,29-32H2,1-2H3/t14?,15-,16?,18+,19-,21+,22+,23-,24?,25+,26+,27+,28-/m0/s1. The Balaban J connectivity index is 1.45. The van der Waals surface area contributed by atoms with Gasteiger partial charge in [-0.2, -0.15) is 0 Å². The van der Waals surface area contributed by atoms with Gasteiger partial charge in [0.25, 0.3) is 0 Å². The van der Waals surface area contributed by atoms with Gasteiger partial charge in [0.15, 0.2) is 6.29 Å². The molecule has 4 rings (SSSR count). The fourth-order valence-electron chi connectivity index (χ4n) is 6.62. The quantitative estimate of drug-likeness (QED) is 0.0694. The molecule has 44 heavy (non-hydrogen) atoms. The van der Waals surface area contributed by atoms with E-state index in [0.29, 0.717) is 29.7 Å². The molecular formula is C28H53N7O9. The van der Waals surface area contributed by atoms with Crippen LogP contribution in [0.1, 0.15) is 39.0 Å². The van der Waals surface area contributed by atoms with Gasteiger partial charge in [-0.3, -0.25) is 10.0 Å². The first-order valence-corrected chi connectivity index (χ1v) is 15.5. The summed E-state index contributed by atoms with van der Waals surface area (Å²) in [6, 6.07) is -1.80. The van der Waals surface area contributed by atoms with Crippen molar-refractivity contribution in [2.45, 2.75) is 106 Å². The van der Waals surface area contributed by atoms with Crippen LogP contribution in [0.25, 0.3) is 0 Å². The van der Waals surface area contributed by atoms with Gasteiger partial charge < -0.3 is 67.8 Å². The highest BCUT2D eigenvalue weighted by molar-refractivity contribution is 5.75. The van der Waals surface area contributed by atoms with Crippen LogP contribution in [0.4, 0.5) is 0 Å². The Morgan fingerprint density at radius 1 is 1.11 bits per heavy atom. The summed E-state index contributed by atoms with van der Waals surface area (Å²) >= 11 is 0. The van der Waals surface area contributed by atoms with Crippen molar-refractivity contribution in [1.29, 1.82) is 0 Å². The summed E-state index contributed by atoms with van der Waals surface area (Å²) in [6.45, 7) is 2.66. The van der Waals surface area contributed by atoms with Crippen molar-refractivity contribution in [2.24, 2.45) is 34.8 Å². The van der Waals surface area contributed by atoms with Gasteiger partial charge in [-0.15, -0.1) is 0 Å². The molecule has 3 fully saturated rings. The maximum absolute atomic E-state index is 12.8. The fraction of sp³-hybridized carbons (Fsp3) is 0.893. The van der Waals surface area contributed by atoms with Crippen LogP contribution in [-0.4, -0.2) is 138 Å². The maximum Gasteiger partial charge on any atom is 0.246 e. The van der Waals surface area contributed by atoms with Crippen molar-refractivity contribution in [3.63, 3.8) is 0 Å². The molecule has 0 aromatic rings. The molecule has 1 saturated heterocycles. The molecule has 1 amide bonds. The lowest BCUT2D eigenvalue weighted by atomic mass is 9.77. The van der Waals surface area contributed by atoms with Gasteiger partial charge in [0, 0.05) is 25.0 Å². The van der Waals surface area contributed by atoms with Crippen LogP contribution in [0, 0.1) is 11.8 Å². The Labute approximate surface area is 258 Å². The van der Waals surface area contributed by atoms with Gasteiger partial charge in [0.1, 0.15) is 29.7 Å². The molecule has 0 spiro atoms. The highest BCUT2D eigenvalue weighted by Gasteiger charge is 2.51. The number of likely N-dealkylation sites (N-methyl/N-ethyl adjacent to an activating group) is 1. The zero-order valence-corrected chi connectivity index (χ0v) is 25.7. The Hall–Kier alpha value is -1.51. The molecule has 4 aliphatic rings. The third-order valence-corrected chi connectivity index (χ3v) is 9.16. The first kappa shape index (κ1) is 35.3. The summed E-state index contributed by atoms with van der Waals surface area (Å²) in [5, 5.41) is 50.2. The number of nitrogens with two attached hydrogens (primary N) is 4. The van der Waals surface area contributed by atoms with Crippen LogP contribution >= 0.6 is 0 Å². The lowest BCUT2D eigenvalue weighted by Gasteiger charge is -2.48. The van der Waals surface area contributed by atoms with Crippen LogP contribution in [0.5, 0.6) is 0 Å². The molecule has 11 atom stereocenters. The molecule has 0 aromatic carbocycles. The predicted molar refractivity (Wildman–Crippen MR) is 157 cm³/mol. The van der Waals surface area contributed by atoms with E-state index in [1.807, 2.05) is 6.08 Å². The normalized spacial score (nSPS) is 42.6. The second-order valence-electron chi connectivity index (χ2n) is 12.9. The van der Waals surface area contributed by atoms with Crippen molar-refractivity contribution >= 4 is 5.91 Å². The molecule has 0 bridgehead atoms. The van der Waals surface area contributed by atoms with Gasteiger partial charge >= 0.3 is 0 Å². The monoisotopic (exact) mass is 631 g/mol. The van der Waals surface area contributed by atoms with Crippen LogP contribution < -0.4 is 33.6 Å². The van der Waals surface area contributed by atoms with Gasteiger partial charge in [0.05, 0.1) is 37.9 Å². The van der Waals surface area contributed by atoms with E-state index in [2.05, 4.69) is 10.6 Å². The zero-order valence-electron chi connectivity index (χ0n) is 25.7. The van der Waals surface area contributed by atoms with Crippen molar-refractivity contribution in [1.82, 2.24) is 15.7 Å². The number of aliphatic hydroxyl groups excluding tert-OH is 2. The summed E-state index contributed by atoms with van der Waals surface area (Å²) in [7, 11) is 1.59. The minimum atomic E-state index is -1.39. The molecule has 2 aliphatic carbocycles. The molecule has 254 valence electrons. The molecule has 0 aromatic heterocycles. The van der Waals surface area contributed by atoms with Gasteiger partial charge in [-0.1, -0.05) is 0 Å². The third-order valence-electron chi connectivity index (χ3n) is 9.16. The smallest absolute Gasteiger partial charge is 0.246 e.